The zero-order chi connectivity index (χ0) is 12.6. The van der Waals surface area contributed by atoms with Crippen LogP contribution in [-0.4, -0.2) is 19.6 Å². The predicted molar refractivity (Wildman–Crippen MR) is 76.6 cm³/mol. The fraction of sp³-hybridized carbons (Fsp3) is 0.625. The van der Waals surface area contributed by atoms with Crippen LogP contribution in [-0.2, 0) is 0 Å². The molecule has 0 aromatic heterocycles. The molecule has 3 heteroatoms. The van der Waals surface area contributed by atoms with Gasteiger partial charge in [0.2, 0.25) is 0 Å². The Labute approximate surface area is 123 Å². The fourth-order valence-corrected chi connectivity index (χ4v) is 2.92. The van der Waals surface area contributed by atoms with E-state index in [4.69, 9.17) is 5.73 Å². The van der Waals surface area contributed by atoms with Crippen LogP contribution in [0.5, 0.6) is 0 Å². The second-order valence-corrected chi connectivity index (χ2v) is 5.57. The van der Waals surface area contributed by atoms with Gasteiger partial charge in [-0.25, -0.2) is 0 Å². The Morgan fingerprint density at radius 2 is 1.63 bits per heavy atom. The molecule has 0 spiro atoms. The summed E-state index contributed by atoms with van der Waals surface area (Å²) in [7, 11) is 0. The average molecular weight is 283 g/mol. The zero-order valence-corrected chi connectivity index (χ0v) is 12.5. The monoisotopic (exact) mass is 282 g/mol. The minimum absolute atomic E-state index is 0. The number of quaternary nitrogens is 1. The first kappa shape index (κ1) is 16.5. The van der Waals surface area contributed by atoms with Crippen LogP contribution < -0.4 is 23.0 Å². The van der Waals surface area contributed by atoms with Crippen LogP contribution >= 0.6 is 0 Å². The molecule has 1 unspecified atom stereocenters. The zero-order valence-electron chi connectivity index (χ0n) is 11.8. The highest BCUT2D eigenvalue weighted by molar-refractivity contribution is 5.18. The first-order chi connectivity index (χ1) is 8.86. The van der Waals surface area contributed by atoms with Crippen LogP contribution in [0, 0.1) is 0 Å². The molecule has 1 aromatic rings. The molecule has 0 radical (unpaired) electrons. The lowest BCUT2D eigenvalue weighted by molar-refractivity contribution is -0.899. The molecule has 1 atom stereocenters. The number of nitrogens with one attached hydrogen (secondary N) is 1. The summed E-state index contributed by atoms with van der Waals surface area (Å²) < 4.78 is 0. The second kappa shape index (κ2) is 9.35. The molecule has 19 heavy (non-hydrogen) atoms. The molecule has 1 aromatic carbocycles. The lowest BCUT2D eigenvalue weighted by Crippen LogP contribution is -3.11. The number of halogens is 1. The van der Waals surface area contributed by atoms with E-state index >= 15 is 0 Å². The molecule has 1 saturated heterocycles. The standard InChI is InChI=1S/C16H26N2.ClH/c17-16(15-9-4-3-5-10-15)11-8-14-18-12-6-1-2-7-13-18;/h3-5,9-10,16H,1-2,6-8,11-14,17H2;1H. The molecule has 0 aliphatic carbocycles. The molecular formula is C16H27ClN2. The van der Waals surface area contributed by atoms with Crippen molar-refractivity contribution < 1.29 is 17.3 Å². The van der Waals surface area contributed by atoms with Gasteiger partial charge in [-0.2, -0.15) is 0 Å². The van der Waals surface area contributed by atoms with E-state index in [1.807, 2.05) is 0 Å². The molecule has 0 saturated carbocycles. The van der Waals surface area contributed by atoms with E-state index in [0.29, 0.717) is 0 Å². The van der Waals surface area contributed by atoms with Crippen LogP contribution in [0.2, 0.25) is 0 Å². The SMILES string of the molecule is NC(CCC[NH+]1CCCCCC1)c1ccccc1.[Cl-]. The van der Waals surface area contributed by atoms with Crippen LogP contribution in [0.15, 0.2) is 30.3 Å². The van der Waals surface area contributed by atoms with Crippen LogP contribution in [0.3, 0.4) is 0 Å². The van der Waals surface area contributed by atoms with Gasteiger partial charge in [0.05, 0.1) is 19.6 Å². The molecular weight excluding hydrogens is 256 g/mol. The Kier molecular flexibility index (Phi) is 8.11. The van der Waals surface area contributed by atoms with Crippen molar-refractivity contribution in [3.63, 3.8) is 0 Å². The molecule has 0 amide bonds. The Balaban J connectivity index is 0.00000180. The van der Waals surface area contributed by atoms with E-state index in [1.165, 1.54) is 57.3 Å². The fourth-order valence-electron chi connectivity index (χ4n) is 2.92. The van der Waals surface area contributed by atoms with Gasteiger partial charge in [-0.05, 0) is 44.1 Å². The maximum atomic E-state index is 6.23. The summed E-state index contributed by atoms with van der Waals surface area (Å²) in [5, 5.41) is 0. The summed E-state index contributed by atoms with van der Waals surface area (Å²) in [6.07, 6.45) is 8.08. The topological polar surface area (TPSA) is 30.5 Å². The minimum atomic E-state index is 0. The van der Waals surface area contributed by atoms with E-state index in [2.05, 4.69) is 30.3 Å². The van der Waals surface area contributed by atoms with Gasteiger partial charge in [-0.15, -0.1) is 0 Å². The third-order valence-electron chi connectivity index (χ3n) is 4.08. The highest BCUT2D eigenvalue weighted by atomic mass is 35.5. The summed E-state index contributed by atoms with van der Waals surface area (Å²) in [6.45, 7) is 4.06. The summed E-state index contributed by atoms with van der Waals surface area (Å²) in [6, 6.07) is 10.7. The predicted octanol–water partition coefficient (Wildman–Crippen LogP) is -1.07. The first-order valence-corrected chi connectivity index (χ1v) is 7.50. The Morgan fingerprint density at radius 3 is 2.26 bits per heavy atom. The molecule has 1 heterocycles. The Hall–Kier alpha value is -0.570. The van der Waals surface area contributed by atoms with E-state index in [9.17, 15) is 0 Å². The summed E-state index contributed by atoms with van der Waals surface area (Å²) in [4.78, 5) is 1.80. The summed E-state index contributed by atoms with van der Waals surface area (Å²) in [5.74, 6) is 0. The highest BCUT2D eigenvalue weighted by Gasteiger charge is 2.12. The van der Waals surface area contributed by atoms with Gasteiger partial charge in [0.1, 0.15) is 0 Å². The average Bonchev–Trinajstić information content (AvgIpc) is 2.68. The molecule has 1 aliphatic rings. The molecule has 1 aliphatic heterocycles. The number of nitrogens with two attached hydrogens (primary N) is 1. The number of benzene rings is 1. The van der Waals surface area contributed by atoms with Crippen molar-refractivity contribution in [2.75, 3.05) is 19.6 Å². The molecule has 2 nitrogen and oxygen atoms in total. The van der Waals surface area contributed by atoms with E-state index < -0.39 is 0 Å². The van der Waals surface area contributed by atoms with Crippen molar-refractivity contribution in [3.8, 4) is 0 Å². The summed E-state index contributed by atoms with van der Waals surface area (Å²) >= 11 is 0. The maximum absolute atomic E-state index is 6.23. The van der Waals surface area contributed by atoms with Crippen molar-refractivity contribution in [2.24, 2.45) is 5.73 Å². The van der Waals surface area contributed by atoms with Gasteiger partial charge >= 0.3 is 0 Å². The summed E-state index contributed by atoms with van der Waals surface area (Å²) in [5.41, 5.74) is 7.51. The first-order valence-electron chi connectivity index (χ1n) is 7.50. The van der Waals surface area contributed by atoms with Crippen molar-refractivity contribution in [1.82, 2.24) is 0 Å². The normalized spacial score (nSPS) is 18.4. The largest absolute Gasteiger partial charge is 1.00 e. The number of hydrogen-bond acceptors (Lipinski definition) is 1. The van der Waals surface area contributed by atoms with Crippen LogP contribution in [0.1, 0.15) is 50.1 Å². The quantitative estimate of drug-likeness (QED) is 0.708. The van der Waals surface area contributed by atoms with Crippen molar-refractivity contribution in [1.29, 1.82) is 0 Å². The van der Waals surface area contributed by atoms with Gasteiger partial charge in [0.25, 0.3) is 0 Å². The Morgan fingerprint density at radius 1 is 1.00 bits per heavy atom. The second-order valence-electron chi connectivity index (χ2n) is 5.57. The van der Waals surface area contributed by atoms with Crippen molar-refractivity contribution in [3.05, 3.63) is 35.9 Å². The van der Waals surface area contributed by atoms with Gasteiger partial charge in [0, 0.05) is 6.04 Å². The van der Waals surface area contributed by atoms with Gasteiger partial charge in [-0.3, -0.25) is 0 Å². The lowest BCUT2D eigenvalue weighted by atomic mass is 10.0. The molecule has 0 bridgehead atoms. The van der Waals surface area contributed by atoms with Crippen LogP contribution in [0.25, 0.3) is 0 Å². The minimum Gasteiger partial charge on any atom is -1.00 e. The Bertz CT molecular complexity index is 321. The number of hydrogen-bond donors (Lipinski definition) is 2. The molecule has 1 fully saturated rings. The smallest absolute Gasteiger partial charge is 0.0771 e. The number of likely N-dealkylation sites (tertiary alicyclic amines) is 1. The van der Waals surface area contributed by atoms with Crippen molar-refractivity contribution in [2.45, 2.75) is 44.6 Å². The number of rotatable bonds is 5. The maximum Gasteiger partial charge on any atom is 0.0771 e. The third kappa shape index (κ3) is 5.94. The van der Waals surface area contributed by atoms with Crippen LogP contribution in [0.4, 0.5) is 0 Å². The van der Waals surface area contributed by atoms with Gasteiger partial charge < -0.3 is 23.0 Å². The highest BCUT2D eigenvalue weighted by Crippen LogP contribution is 2.14. The van der Waals surface area contributed by atoms with E-state index in [1.54, 1.807) is 4.90 Å². The lowest BCUT2D eigenvalue weighted by Gasteiger charge is -2.18. The third-order valence-corrected chi connectivity index (χ3v) is 4.08. The van der Waals surface area contributed by atoms with E-state index in [0.717, 1.165) is 6.42 Å². The molecule has 108 valence electrons. The van der Waals surface area contributed by atoms with Crippen molar-refractivity contribution >= 4 is 0 Å². The molecule has 2 rings (SSSR count). The van der Waals surface area contributed by atoms with Gasteiger partial charge in [-0.1, -0.05) is 30.3 Å². The van der Waals surface area contributed by atoms with Gasteiger partial charge in [0.15, 0.2) is 0 Å². The molecule has 3 N–H and O–H groups in total. The van der Waals surface area contributed by atoms with E-state index in [-0.39, 0.29) is 18.4 Å².